The summed E-state index contributed by atoms with van der Waals surface area (Å²) >= 11 is 0. The predicted octanol–water partition coefficient (Wildman–Crippen LogP) is -1.04. The van der Waals surface area contributed by atoms with Crippen LogP contribution >= 0.6 is 0 Å². The van der Waals surface area contributed by atoms with E-state index < -0.39 is 0 Å². The Hall–Kier alpha value is -1.18. The Bertz CT molecular complexity index is 317. The van der Waals surface area contributed by atoms with Crippen LogP contribution in [0.25, 0.3) is 0 Å². The number of methoxy groups -OCH3 is 1. The SMILES string of the molecule is COCCNCC(=O)N1CCC(C(=O)NCCCO)CC1. The second-order valence-electron chi connectivity index (χ2n) is 5.19. The molecule has 0 aromatic heterocycles. The van der Waals surface area contributed by atoms with E-state index in [0.717, 1.165) is 0 Å². The Morgan fingerprint density at radius 1 is 1.29 bits per heavy atom. The highest BCUT2D eigenvalue weighted by molar-refractivity contribution is 5.80. The number of carbonyl (C=O) groups is 2. The minimum Gasteiger partial charge on any atom is -0.396 e. The molecule has 2 amide bonds. The molecule has 21 heavy (non-hydrogen) atoms. The summed E-state index contributed by atoms with van der Waals surface area (Å²) in [6.07, 6.45) is 1.99. The highest BCUT2D eigenvalue weighted by Crippen LogP contribution is 2.17. The number of aliphatic hydroxyl groups excluding tert-OH is 1. The van der Waals surface area contributed by atoms with Crippen molar-refractivity contribution in [1.82, 2.24) is 15.5 Å². The molecule has 0 aromatic carbocycles. The average Bonchev–Trinajstić information content (AvgIpc) is 2.51. The zero-order valence-electron chi connectivity index (χ0n) is 12.8. The predicted molar refractivity (Wildman–Crippen MR) is 78.8 cm³/mol. The average molecular weight is 301 g/mol. The summed E-state index contributed by atoms with van der Waals surface area (Å²) in [4.78, 5) is 25.6. The largest absolute Gasteiger partial charge is 0.396 e. The molecule has 1 rings (SSSR count). The van der Waals surface area contributed by atoms with Gasteiger partial charge in [-0.05, 0) is 19.3 Å². The highest BCUT2D eigenvalue weighted by Gasteiger charge is 2.26. The van der Waals surface area contributed by atoms with Crippen LogP contribution in [0.1, 0.15) is 19.3 Å². The van der Waals surface area contributed by atoms with Crippen LogP contribution in [0.5, 0.6) is 0 Å². The lowest BCUT2D eigenvalue weighted by Crippen LogP contribution is -2.46. The molecule has 0 unspecified atom stereocenters. The van der Waals surface area contributed by atoms with Crippen LogP contribution in [-0.2, 0) is 14.3 Å². The molecule has 0 aromatic rings. The van der Waals surface area contributed by atoms with Crippen molar-refractivity contribution in [3.8, 4) is 0 Å². The van der Waals surface area contributed by atoms with E-state index in [4.69, 9.17) is 9.84 Å². The fourth-order valence-corrected chi connectivity index (χ4v) is 2.31. The molecule has 1 heterocycles. The lowest BCUT2D eigenvalue weighted by Gasteiger charge is -2.31. The number of amides is 2. The molecule has 0 spiro atoms. The van der Waals surface area contributed by atoms with Gasteiger partial charge in [-0.2, -0.15) is 0 Å². The number of nitrogens with zero attached hydrogens (tertiary/aromatic N) is 1. The molecule has 7 nitrogen and oxygen atoms in total. The number of hydrogen-bond acceptors (Lipinski definition) is 5. The molecule has 0 atom stereocenters. The van der Waals surface area contributed by atoms with Crippen molar-refractivity contribution in [3.05, 3.63) is 0 Å². The Labute approximate surface area is 126 Å². The maximum atomic E-state index is 11.9. The Morgan fingerprint density at radius 3 is 2.62 bits per heavy atom. The smallest absolute Gasteiger partial charge is 0.236 e. The van der Waals surface area contributed by atoms with Crippen molar-refractivity contribution in [1.29, 1.82) is 0 Å². The second-order valence-corrected chi connectivity index (χ2v) is 5.19. The summed E-state index contributed by atoms with van der Waals surface area (Å²) < 4.78 is 4.90. The van der Waals surface area contributed by atoms with Crippen molar-refractivity contribution < 1.29 is 19.4 Å². The van der Waals surface area contributed by atoms with Crippen molar-refractivity contribution in [2.24, 2.45) is 5.92 Å². The number of nitrogens with one attached hydrogen (secondary N) is 2. The number of carbonyl (C=O) groups excluding carboxylic acids is 2. The summed E-state index contributed by atoms with van der Waals surface area (Å²) in [5, 5.41) is 14.5. The maximum absolute atomic E-state index is 11.9. The molecule has 0 aliphatic carbocycles. The topological polar surface area (TPSA) is 90.9 Å². The van der Waals surface area contributed by atoms with Crippen molar-refractivity contribution in [2.75, 3.05) is 53.0 Å². The van der Waals surface area contributed by atoms with Gasteiger partial charge in [-0.25, -0.2) is 0 Å². The first-order valence-electron chi connectivity index (χ1n) is 7.55. The standard InChI is InChI=1S/C14H27N3O4/c1-21-10-6-15-11-13(19)17-7-3-12(4-8-17)14(20)16-5-2-9-18/h12,15,18H,2-11H2,1H3,(H,16,20). The summed E-state index contributed by atoms with van der Waals surface area (Å²) in [6, 6.07) is 0. The molecule has 7 heteroatoms. The fraction of sp³-hybridized carbons (Fsp3) is 0.857. The van der Waals surface area contributed by atoms with E-state index in [9.17, 15) is 9.59 Å². The van der Waals surface area contributed by atoms with Gasteiger partial charge in [-0.1, -0.05) is 0 Å². The highest BCUT2D eigenvalue weighted by atomic mass is 16.5. The van der Waals surface area contributed by atoms with E-state index >= 15 is 0 Å². The number of aliphatic hydroxyl groups is 1. The van der Waals surface area contributed by atoms with Gasteiger partial charge in [0.1, 0.15) is 0 Å². The van der Waals surface area contributed by atoms with E-state index in [1.165, 1.54) is 0 Å². The molecule has 1 saturated heterocycles. The van der Waals surface area contributed by atoms with Crippen LogP contribution < -0.4 is 10.6 Å². The van der Waals surface area contributed by atoms with Gasteiger partial charge in [-0.15, -0.1) is 0 Å². The first-order valence-corrected chi connectivity index (χ1v) is 7.55. The molecule has 3 N–H and O–H groups in total. The molecular weight excluding hydrogens is 274 g/mol. The van der Waals surface area contributed by atoms with Gasteiger partial charge < -0.3 is 25.4 Å². The minimum atomic E-state index is -0.0193. The van der Waals surface area contributed by atoms with Crippen molar-refractivity contribution >= 4 is 11.8 Å². The third-order valence-corrected chi connectivity index (χ3v) is 3.61. The first kappa shape index (κ1) is 17.9. The van der Waals surface area contributed by atoms with E-state index in [1.807, 2.05) is 0 Å². The van der Waals surface area contributed by atoms with Crippen LogP contribution in [0.3, 0.4) is 0 Å². The first-order chi connectivity index (χ1) is 10.2. The van der Waals surface area contributed by atoms with Crippen LogP contribution in [0, 0.1) is 5.92 Å². The van der Waals surface area contributed by atoms with E-state index in [-0.39, 0.29) is 24.3 Å². The molecular formula is C14H27N3O4. The monoisotopic (exact) mass is 301 g/mol. The van der Waals surface area contributed by atoms with Crippen LogP contribution in [0.15, 0.2) is 0 Å². The number of piperidine rings is 1. The van der Waals surface area contributed by atoms with E-state index in [2.05, 4.69) is 10.6 Å². The third-order valence-electron chi connectivity index (χ3n) is 3.61. The zero-order chi connectivity index (χ0) is 15.5. The minimum absolute atomic E-state index is 0.0193. The molecule has 0 bridgehead atoms. The number of hydrogen-bond donors (Lipinski definition) is 3. The van der Waals surface area contributed by atoms with Gasteiger partial charge >= 0.3 is 0 Å². The Balaban J connectivity index is 2.18. The van der Waals surface area contributed by atoms with Gasteiger partial charge in [0.2, 0.25) is 11.8 Å². The maximum Gasteiger partial charge on any atom is 0.236 e. The summed E-state index contributed by atoms with van der Waals surface area (Å²) in [7, 11) is 1.62. The number of ether oxygens (including phenoxy) is 1. The Morgan fingerprint density at radius 2 is 2.00 bits per heavy atom. The molecule has 1 fully saturated rings. The summed E-state index contributed by atoms with van der Waals surface area (Å²) in [6.45, 7) is 3.42. The molecule has 0 saturated carbocycles. The van der Waals surface area contributed by atoms with Crippen LogP contribution in [0.4, 0.5) is 0 Å². The number of likely N-dealkylation sites (tertiary alicyclic amines) is 1. The van der Waals surface area contributed by atoms with Gasteiger partial charge in [0.05, 0.1) is 13.2 Å². The lowest BCUT2D eigenvalue weighted by atomic mass is 9.96. The second kappa shape index (κ2) is 10.5. The Kier molecular flexibility index (Phi) is 8.96. The quantitative estimate of drug-likeness (QED) is 0.473. The van der Waals surface area contributed by atoms with Crippen LogP contribution in [-0.4, -0.2) is 74.9 Å². The zero-order valence-corrected chi connectivity index (χ0v) is 12.8. The molecule has 0 radical (unpaired) electrons. The van der Waals surface area contributed by atoms with Crippen molar-refractivity contribution in [3.63, 3.8) is 0 Å². The molecule has 1 aliphatic rings. The summed E-state index contributed by atoms with van der Waals surface area (Å²) in [5.41, 5.74) is 0. The van der Waals surface area contributed by atoms with Crippen LogP contribution in [0.2, 0.25) is 0 Å². The lowest BCUT2D eigenvalue weighted by molar-refractivity contribution is -0.134. The third kappa shape index (κ3) is 6.88. The molecule has 1 aliphatic heterocycles. The van der Waals surface area contributed by atoms with Gasteiger partial charge in [0, 0.05) is 45.8 Å². The van der Waals surface area contributed by atoms with E-state index in [0.29, 0.717) is 58.6 Å². The molecule has 122 valence electrons. The number of rotatable bonds is 9. The fourth-order valence-electron chi connectivity index (χ4n) is 2.31. The van der Waals surface area contributed by atoms with Gasteiger partial charge in [0.15, 0.2) is 0 Å². The van der Waals surface area contributed by atoms with Crippen molar-refractivity contribution in [2.45, 2.75) is 19.3 Å². The van der Waals surface area contributed by atoms with E-state index in [1.54, 1.807) is 12.0 Å². The van der Waals surface area contributed by atoms with Gasteiger partial charge in [0.25, 0.3) is 0 Å². The van der Waals surface area contributed by atoms with Gasteiger partial charge in [-0.3, -0.25) is 9.59 Å². The summed E-state index contributed by atoms with van der Waals surface area (Å²) in [5.74, 6) is 0.0909. The normalized spacial score (nSPS) is 16.0.